The summed E-state index contributed by atoms with van der Waals surface area (Å²) >= 11 is 1.15. The number of thioether (sulfide) groups is 1. The smallest absolute Gasteiger partial charge is 0.270 e. The first-order chi connectivity index (χ1) is 13.4. The Balaban J connectivity index is 1.99. The summed E-state index contributed by atoms with van der Waals surface area (Å²) in [5.41, 5.74) is 0.839. The summed E-state index contributed by atoms with van der Waals surface area (Å²) in [6.07, 6.45) is 1.55. The lowest BCUT2D eigenvalue weighted by atomic mass is 10.1. The topological polar surface area (TPSA) is 85.0 Å². The number of carbonyl (C=O) groups excluding carboxylic acids is 1. The third kappa shape index (κ3) is 4.04. The molecule has 1 fully saturated rings. The van der Waals surface area contributed by atoms with E-state index in [9.17, 15) is 19.3 Å². The molecule has 1 aliphatic heterocycles. The van der Waals surface area contributed by atoms with Crippen molar-refractivity contribution in [2.24, 2.45) is 4.99 Å². The lowest BCUT2D eigenvalue weighted by molar-refractivity contribution is -0.384. The van der Waals surface area contributed by atoms with Crippen molar-refractivity contribution in [2.45, 2.75) is 6.92 Å². The zero-order valence-corrected chi connectivity index (χ0v) is 15.9. The number of nitrogens with zero attached hydrogens (tertiary/aromatic N) is 3. The number of hydrogen-bond donors (Lipinski definition) is 0. The Hall–Kier alpha value is -3.20. The number of hydrogen-bond acceptors (Lipinski definition) is 6. The molecule has 1 heterocycles. The largest absolute Gasteiger partial charge is 0.496 e. The summed E-state index contributed by atoms with van der Waals surface area (Å²) < 4.78 is 18.3. The number of carbonyl (C=O) groups is 1. The molecular weight excluding hydrogens is 385 g/mol. The number of ether oxygens (including phenoxy) is 1. The van der Waals surface area contributed by atoms with Crippen LogP contribution in [0.25, 0.3) is 6.08 Å². The van der Waals surface area contributed by atoms with Gasteiger partial charge in [-0.25, -0.2) is 9.38 Å². The average Bonchev–Trinajstić information content (AvgIpc) is 2.97. The van der Waals surface area contributed by atoms with Gasteiger partial charge in [-0.15, -0.1) is 0 Å². The predicted octanol–water partition coefficient (Wildman–Crippen LogP) is 4.37. The fourth-order valence-corrected chi connectivity index (χ4v) is 3.64. The minimum atomic E-state index is -0.509. The third-order valence-corrected chi connectivity index (χ3v) is 4.97. The van der Waals surface area contributed by atoms with Gasteiger partial charge in [0, 0.05) is 24.2 Å². The quantitative estimate of drug-likeness (QED) is 0.422. The number of halogens is 1. The van der Waals surface area contributed by atoms with Crippen molar-refractivity contribution in [1.29, 1.82) is 0 Å². The van der Waals surface area contributed by atoms with E-state index >= 15 is 0 Å². The minimum Gasteiger partial charge on any atom is -0.496 e. The fourth-order valence-electron chi connectivity index (χ4n) is 2.59. The zero-order valence-electron chi connectivity index (χ0n) is 15.1. The fraction of sp³-hybridized carbons (Fsp3) is 0.158. The molecule has 1 saturated heterocycles. The van der Waals surface area contributed by atoms with E-state index in [4.69, 9.17) is 4.74 Å². The van der Waals surface area contributed by atoms with Crippen molar-refractivity contribution in [3.05, 3.63) is 68.9 Å². The average molecular weight is 401 g/mol. The summed E-state index contributed by atoms with van der Waals surface area (Å²) in [6, 6.07) is 9.80. The number of nitro groups is 1. The number of nitro benzene ring substituents is 1. The van der Waals surface area contributed by atoms with Gasteiger partial charge < -0.3 is 4.74 Å². The predicted molar refractivity (Wildman–Crippen MR) is 106 cm³/mol. The molecule has 1 aliphatic rings. The molecule has 2 aromatic carbocycles. The summed E-state index contributed by atoms with van der Waals surface area (Å²) in [7, 11) is 1.45. The van der Waals surface area contributed by atoms with Gasteiger partial charge in [0.25, 0.3) is 11.6 Å². The molecule has 0 aromatic heterocycles. The normalized spacial score (nSPS) is 16.8. The van der Waals surface area contributed by atoms with Crippen LogP contribution in [0.15, 0.2) is 52.4 Å². The van der Waals surface area contributed by atoms with Gasteiger partial charge in [0.15, 0.2) is 5.17 Å². The Morgan fingerprint density at radius 2 is 2.00 bits per heavy atom. The number of benzene rings is 2. The maximum absolute atomic E-state index is 13.1. The number of amidine groups is 1. The maximum Gasteiger partial charge on any atom is 0.270 e. The van der Waals surface area contributed by atoms with E-state index < -0.39 is 4.92 Å². The molecule has 0 saturated carbocycles. The first-order valence-electron chi connectivity index (χ1n) is 8.31. The summed E-state index contributed by atoms with van der Waals surface area (Å²) in [4.78, 5) is 29.5. The van der Waals surface area contributed by atoms with Crippen molar-refractivity contribution < 1.29 is 18.8 Å². The molecule has 2 aromatic rings. The minimum absolute atomic E-state index is 0.101. The van der Waals surface area contributed by atoms with Crippen LogP contribution in [0.5, 0.6) is 5.75 Å². The van der Waals surface area contributed by atoms with E-state index in [1.54, 1.807) is 6.08 Å². The molecule has 28 heavy (non-hydrogen) atoms. The van der Waals surface area contributed by atoms with Crippen molar-refractivity contribution in [1.82, 2.24) is 4.90 Å². The van der Waals surface area contributed by atoms with Crippen LogP contribution in [0, 0.1) is 15.9 Å². The van der Waals surface area contributed by atoms with Gasteiger partial charge in [-0.1, -0.05) is 0 Å². The van der Waals surface area contributed by atoms with Crippen LogP contribution in [-0.4, -0.2) is 34.6 Å². The highest BCUT2D eigenvalue weighted by Gasteiger charge is 2.32. The first-order valence-corrected chi connectivity index (χ1v) is 9.12. The lowest BCUT2D eigenvalue weighted by Crippen LogP contribution is -2.28. The van der Waals surface area contributed by atoms with Crippen LogP contribution in [0.4, 0.5) is 15.8 Å². The van der Waals surface area contributed by atoms with E-state index in [2.05, 4.69) is 4.99 Å². The number of methoxy groups -OCH3 is 1. The molecule has 144 valence electrons. The number of likely N-dealkylation sites (N-methyl/N-ethyl adjacent to an activating group) is 1. The molecule has 0 atom stereocenters. The molecule has 0 unspecified atom stereocenters. The van der Waals surface area contributed by atoms with Gasteiger partial charge >= 0.3 is 0 Å². The highest BCUT2D eigenvalue weighted by molar-refractivity contribution is 8.18. The molecular formula is C19H16FN3O4S. The SMILES string of the molecule is CCN1C(=O)/C(=C\c2cc([N+](=O)[O-])ccc2OC)SC1=Nc1ccc(F)cc1. The monoisotopic (exact) mass is 401 g/mol. The van der Waals surface area contributed by atoms with Gasteiger partial charge in [0.1, 0.15) is 11.6 Å². The number of non-ortho nitro benzene ring substituents is 1. The zero-order chi connectivity index (χ0) is 20.3. The Morgan fingerprint density at radius 3 is 2.61 bits per heavy atom. The highest BCUT2D eigenvalue weighted by Crippen LogP contribution is 2.36. The molecule has 0 spiro atoms. The van der Waals surface area contributed by atoms with Crippen LogP contribution in [0.3, 0.4) is 0 Å². The summed E-state index contributed by atoms with van der Waals surface area (Å²) in [6.45, 7) is 2.21. The molecule has 0 radical (unpaired) electrons. The molecule has 3 rings (SSSR count). The van der Waals surface area contributed by atoms with Crippen LogP contribution < -0.4 is 4.74 Å². The molecule has 0 N–H and O–H groups in total. The Morgan fingerprint density at radius 1 is 1.29 bits per heavy atom. The Labute approximate surface area is 164 Å². The second-order valence-electron chi connectivity index (χ2n) is 5.71. The molecule has 7 nitrogen and oxygen atoms in total. The third-order valence-electron chi connectivity index (χ3n) is 3.97. The van der Waals surface area contributed by atoms with Crippen LogP contribution >= 0.6 is 11.8 Å². The number of amides is 1. The maximum atomic E-state index is 13.1. The van der Waals surface area contributed by atoms with Gasteiger partial charge in [0.2, 0.25) is 0 Å². The lowest BCUT2D eigenvalue weighted by Gasteiger charge is -2.12. The van der Waals surface area contributed by atoms with Gasteiger partial charge in [-0.3, -0.25) is 19.8 Å². The number of rotatable bonds is 5. The van der Waals surface area contributed by atoms with E-state index in [1.807, 2.05) is 6.92 Å². The van der Waals surface area contributed by atoms with Crippen LogP contribution in [0.1, 0.15) is 12.5 Å². The van der Waals surface area contributed by atoms with Crippen molar-refractivity contribution in [2.75, 3.05) is 13.7 Å². The van der Waals surface area contributed by atoms with E-state index in [1.165, 1.54) is 54.5 Å². The van der Waals surface area contributed by atoms with E-state index in [0.717, 1.165) is 11.8 Å². The molecule has 1 amide bonds. The van der Waals surface area contributed by atoms with Gasteiger partial charge in [-0.05, 0) is 55.1 Å². The van der Waals surface area contributed by atoms with E-state index in [-0.39, 0.29) is 17.4 Å². The summed E-state index contributed by atoms with van der Waals surface area (Å²) in [5, 5.41) is 11.5. The molecule has 9 heteroatoms. The second kappa shape index (κ2) is 8.22. The molecule has 0 bridgehead atoms. The van der Waals surface area contributed by atoms with Crippen molar-refractivity contribution >= 4 is 40.3 Å². The van der Waals surface area contributed by atoms with Crippen LogP contribution in [-0.2, 0) is 4.79 Å². The number of aliphatic imine (C=N–C) groups is 1. The van der Waals surface area contributed by atoms with Crippen LogP contribution in [0.2, 0.25) is 0 Å². The summed E-state index contributed by atoms with van der Waals surface area (Å²) in [5.74, 6) is -0.217. The van der Waals surface area contributed by atoms with Gasteiger partial charge in [0.05, 0.1) is 22.6 Å². The Bertz CT molecular complexity index is 989. The Kier molecular flexibility index (Phi) is 5.74. The van der Waals surface area contributed by atoms with Crippen molar-refractivity contribution in [3.63, 3.8) is 0 Å². The first kappa shape index (κ1) is 19.6. The second-order valence-corrected chi connectivity index (χ2v) is 6.72. The van der Waals surface area contributed by atoms with Crippen molar-refractivity contribution in [3.8, 4) is 5.75 Å². The standard InChI is InChI=1S/C19H16FN3O4S/c1-3-22-18(24)17(28-19(22)21-14-6-4-13(20)5-7-14)11-12-10-15(23(25)26)8-9-16(12)27-2/h4-11H,3H2,1-2H3/b17-11+,21-19?. The van der Waals surface area contributed by atoms with Gasteiger partial charge in [-0.2, -0.15) is 0 Å². The molecule has 0 aliphatic carbocycles. The van der Waals surface area contributed by atoms with E-state index in [0.29, 0.717) is 33.6 Å². The highest BCUT2D eigenvalue weighted by atomic mass is 32.2.